The van der Waals surface area contributed by atoms with Gasteiger partial charge in [-0.2, -0.15) is 0 Å². The van der Waals surface area contributed by atoms with Crippen molar-refractivity contribution < 1.29 is 4.79 Å². The Morgan fingerprint density at radius 1 is 1.04 bits per heavy atom. The normalized spacial score (nSPS) is 10.4. The summed E-state index contributed by atoms with van der Waals surface area (Å²) < 4.78 is 0. The number of benzene rings is 2. The Morgan fingerprint density at radius 3 is 2.52 bits per heavy atom. The minimum atomic E-state index is -0.285. The maximum absolute atomic E-state index is 12.4. The predicted molar refractivity (Wildman–Crippen MR) is 101 cm³/mol. The van der Waals surface area contributed by atoms with Crippen LogP contribution in [0.4, 0.5) is 17.1 Å². The van der Waals surface area contributed by atoms with Crippen molar-refractivity contribution in [3.63, 3.8) is 0 Å². The van der Waals surface area contributed by atoms with Gasteiger partial charge in [-0.1, -0.05) is 29.3 Å². The molecule has 0 fully saturated rings. The Bertz CT molecular complexity index is 903. The number of aromatic nitrogens is 2. The van der Waals surface area contributed by atoms with Crippen LogP contribution >= 0.6 is 23.2 Å². The van der Waals surface area contributed by atoms with E-state index in [0.29, 0.717) is 21.3 Å². The zero-order valence-electron chi connectivity index (χ0n) is 13.3. The number of hydrogen-bond acceptors (Lipinski definition) is 4. The van der Waals surface area contributed by atoms with E-state index in [-0.39, 0.29) is 5.91 Å². The molecule has 1 heterocycles. The van der Waals surface area contributed by atoms with Crippen molar-refractivity contribution in [2.75, 3.05) is 17.3 Å². The third-order valence-corrected chi connectivity index (χ3v) is 4.17. The first-order valence-corrected chi connectivity index (χ1v) is 8.15. The minimum absolute atomic E-state index is 0.285. The van der Waals surface area contributed by atoms with Crippen LogP contribution in [0.1, 0.15) is 10.4 Å². The predicted octanol–water partition coefficient (Wildman–Crippen LogP) is 4.80. The summed E-state index contributed by atoms with van der Waals surface area (Å²) in [6.45, 7) is 0. The largest absolute Gasteiger partial charge is 0.342 e. The molecule has 0 aliphatic heterocycles. The summed E-state index contributed by atoms with van der Waals surface area (Å²) >= 11 is 12.2. The molecule has 0 aliphatic rings. The zero-order chi connectivity index (χ0) is 17.8. The molecule has 0 bridgehead atoms. The standard InChI is InChI=1S/C18H14Cl2N4O/c1-24(15-9-21-11-22-10-15)14-5-6-16(20)17(8-14)23-18(25)12-3-2-4-13(19)7-12/h2-11H,1H3,(H,23,25). The highest BCUT2D eigenvalue weighted by atomic mass is 35.5. The lowest BCUT2D eigenvalue weighted by Crippen LogP contribution is -2.14. The molecule has 0 atom stereocenters. The summed E-state index contributed by atoms with van der Waals surface area (Å²) in [4.78, 5) is 22.3. The Kier molecular flexibility index (Phi) is 5.16. The topological polar surface area (TPSA) is 58.1 Å². The molecule has 1 N–H and O–H groups in total. The quantitative estimate of drug-likeness (QED) is 0.714. The number of amides is 1. The smallest absolute Gasteiger partial charge is 0.255 e. The van der Waals surface area contributed by atoms with E-state index in [9.17, 15) is 4.79 Å². The molecule has 0 saturated heterocycles. The molecule has 2 aromatic carbocycles. The van der Waals surface area contributed by atoms with Gasteiger partial charge in [0.25, 0.3) is 5.91 Å². The van der Waals surface area contributed by atoms with E-state index in [1.165, 1.54) is 6.33 Å². The highest BCUT2D eigenvalue weighted by Crippen LogP contribution is 2.30. The van der Waals surface area contributed by atoms with Crippen LogP contribution in [0.3, 0.4) is 0 Å². The molecule has 0 aliphatic carbocycles. The van der Waals surface area contributed by atoms with Crippen LogP contribution in [0.2, 0.25) is 10.0 Å². The lowest BCUT2D eigenvalue weighted by molar-refractivity contribution is 0.102. The van der Waals surface area contributed by atoms with Crippen LogP contribution in [0.25, 0.3) is 0 Å². The van der Waals surface area contributed by atoms with Gasteiger partial charge in [0.1, 0.15) is 6.33 Å². The van der Waals surface area contributed by atoms with Crippen molar-refractivity contribution in [3.8, 4) is 0 Å². The molecule has 3 aromatic rings. The molecule has 25 heavy (non-hydrogen) atoms. The van der Waals surface area contributed by atoms with Crippen LogP contribution in [-0.2, 0) is 0 Å². The average molecular weight is 373 g/mol. The van der Waals surface area contributed by atoms with Gasteiger partial charge in [0.15, 0.2) is 0 Å². The van der Waals surface area contributed by atoms with Gasteiger partial charge >= 0.3 is 0 Å². The fourth-order valence-electron chi connectivity index (χ4n) is 2.26. The van der Waals surface area contributed by atoms with Gasteiger partial charge in [0, 0.05) is 23.3 Å². The summed E-state index contributed by atoms with van der Waals surface area (Å²) in [6, 6.07) is 12.1. The van der Waals surface area contributed by atoms with Crippen LogP contribution in [0, 0.1) is 0 Å². The fraction of sp³-hybridized carbons (Fsp3) is 0.0556. The molecule has 0 unspecified atom stereocenters. The van der Waals surface area contributed by atoms with Gasteiger partial charge in [-0.25, -0.2) is 9.97 Å². The van der Waals surface area contributed by atoms with Crippen LogP contribution < -0.4 is 10.2 Å². The van der Waals surface area contributed by atoms with E-state index in [1.54, 1.807) is 48.8 Å². The molecule has 0 spiro atoms. The first-order valence-electron chi connectivity index (χ1n) is 7.40. The molecule has 5 nitrogen and oxygen atoms in total. The van der Waals surface area contributed by atoms with E-state index in [0.717, 1.165) is 11.4 Å². The second-order valence-corrected chi connectivity index (χ2v) is 6.13. The summed E-state index contributed by atoms with van der Waals surface area (Å²) in [7, 11) is 1.88. The Hall–Kier alpha value is -2.63. The third-order valence-electron chi connectivity index (χ3n) is 3.61. The molecule has 0 radical (unpaired) electrons. The number of anilines is 3. The Morgan fingerprint density at radius 2 is 1.80 bits per heavy atom. The van der Waals surface area contributed by atoms with Crippen molar-refractivity contribution in [2.24, 2.45) is 0 Å². The second kappa shape index (κ2) is 7.51. The Labute approximate surface area is 155 Å². The summed E-state index contributed by atoms with van der Waals surface area (Å²) in [5.41, 5.74) is 2.61. The average Bonchev–Trinajstić information content (AvgIpc) is 2.63. The SMILES string of the molecule is CN(c1cncnc1)c1ccc(Cl)c(NC(=O)c2cccc(Cl)c2)c1. The van der Waals surface area contributed by atoms with E-state index < -0.39 is 0 Å². The number of nitrogens with one attached hydrogen (secondary N) is 1. The van der Waals surface area contributed by atoms with Crippen molar-refractivity contribution in [2.45, 2.75) is 0 Å². The van der Waals surface area contributed by atoms with Gasteiger partial charge in [0.2, 0.25) is 0 Å². The molecule has 0 saturated carbocycles. The van der Waals surface area contributed by atoms with Crippen molar-refractivity contribution in [1.29, 1.82) is 0 Å². The van der Waals surface area contributed by atoms with Gasteiger partial charge in [-0.3, -0.25) is 4.79 Å². The highest BCUT2D eigenvalue weighted by molar-refractivity contribution is 6.34. The van der Waals surface area contributed by atoms with Gasteiger partial charge in [0.05, 0.1) is 28.8 Å². The molecule has 1 aromatic heterocycles. The van der Waals surface area contributed by atoms with Gasteiger partial charge in [-0.05, 0) is 36.4 Å². The number of carbonyl (C=O) groups excluding carboxylic acids is 1. The lowest BCUT2D eigenvalue weighted by atomic mass is 10.2. The molecule has 1 amide bonds. The van der Waals surface area contributed by atoms with E-state index in [2.05, 4.69) is 15.3 Å². The zero-order valence-corrected chi connectivity index (χ0v) is 14.8. The lowest BCUT2D eigenvalue weighted by Gasteiger charge is -2.20. The van der Waals surface area contributed by atoms with Crippen LogP contribution in [0.15, 0.2) is 61.2 Å². The first-order chi connectivity index (χ1) is 12.0. The van der Waals surface area contributed by atoms with Crippen LogP contribution in [0.5, 0.6) is 0 Å². The van der Waals surface area contributed by atoms with Crippen molar-refractivity contribution in [1.82, 2.24) is 9.97 Å². The van der Waals surface area contributed by atoms with Crippen LogP contribution in [-0.4, -0.2) is 22.9 Å². The second-order valence-electron chi connectivity index (χ2n) is 5.28. The summed E-state index contributed by atoms with van der Waals surface area (Å²) in [5.74, 6) is -0.285. The number of rotatable bonds is 4. The molecule has 3 rings (SSSR count). The Balaban J connectivity index is 1.86. The monoisotopic (exact) mass is 372 g/mol. The number of halogens is 2. The third kappa shape index (κ3) is 4.07. The number of hydrogen-bond donors (Lipinski definition) is 1. The molecular formula is C18H14Cl2N4O. The minimum Gasteiger partial charge on any atom is -0.342 e. The van der Waals surface area contributed by atoms with Crippen molar-refractivity contribution >= 4 is 46.2 Å². The summed E-state index contributed by atoms with van der Waals surface area (Å²) in [6.07, 6.45) is 4.87. The summed E-state index contributed by atoms with van der Waals surface area (Å²) in [5, 5.41) is 3.75. The number of nitrogens with zero attached hydrogens (tertiary/aromatic N) is 3. The maximum atomic E-state index is 12.4. The molecule has 126 valence electrons. The first kappa shape index (κ1) is 17.2. The van der Waals surface area contributed by atoms with E-state index in [4.69, 9.17) is 23.2 Å². The molecular weight excluding hydrogens is 359 g/mol. The van der Waals surface area contributed by atoms with Gasteiger partial charge < -0.3 is 10.2 Å². The molecule has 7 heteroatoms. The fourth-order valence-corrected chi connectivity index (χ4v) is 2.61. The van der Waals surface area contributed by atoms with E-state index in [1.807, 2.05) is 18.0 Å². The van der Waals surface area contributed by atoms with Gasteiger partial charge in [-0.15, -0.1) is 0 Å². The maximum Gasteiger partial charge on any atom is 0.255 e. The van der Waals surface area contributed by atoms with E-state index >= 15 is 0 Å². The highest BCUT2D eigenvalue weighted by Gasteiger charge is 2.12. The number of carbonyl (C=O) groups is 1. The van der Waals surface area contributed by atoms with Crippen molar-refractivity contribution in [3.05, 3.63) is 76.8 Å².